The van der Waals surface area contributed by atoms with Crippen molar-refractivity contribution in [2.24, 2.45) is 0 Å². The molecule has 1 unspecified atom stereocenters. The molecular weight excluding hydrogens is 264 g/mol. The molecule has 2 heterocycles. The second-order valence-electron chi connectivity index (χ2n) is 6.01. The van der Waals surface area contributed by atoms with E-state index in [1.807, 2.05) is 6.92 Å². The number of hydrogen-bond donors (Lipinski definition) is 1. The summed E-state index contributed by atoms with van der Waals surface area (Å²) in [4.78, 5) is 15.8. The SMILES string of the molecule is Cc1ccc(N2CCN3CCCC3C2)c(/C=C/C(=O)O)c1. The summed E-state index contributed by atoms with van der Waals surface area (Å²) >= 11 is 0. The van der Waals surface area contributed by atoms with E-state index in [-0.39, 0.29) is 0 Å². The zero-order valence-electron chi connectivity index (χ0n) is 12.5. The van der Waals surface area contributed by atoms with Gasteiger partial charge in [0, 0.05) is 37.4 Å². The molecule has 2 saturated heterocycles. The van der Waals surface area contributed by atoms with Gasteiger partial charge in [0.05, 0.1) is 0 Å². The van der Waals surface area contributed by atoms with Crippen molar-refractivity contribution < 1.29 is 9.90 Å². The number of carbonyl (C=O) groups is 1. The molecule has 0 saturated carbocycles. The zero-order valence-corrected chi connectivity index (χ0v) is 12.5. The number of nitrogens with zero attached hydrogens (tertiary/aromatic N) is 2. The molecule has 1 atom stereocenters. The third-order valence-corrected chi connectivity index (χ3v) is 4.52. The molecule has 2 fully saturated rings. The molecule has 1 N–H and O–H groups in total. The Hall–Kier alpha value is -1.81. The fourth-order valence-electron chi connectivity index (χ4n) is 3.47. The van der Waals surface area contributed by atoms with Crippen molar-refractivity contribution in [2.75, 3.05) is 31.1 Å². The highest BCUT2D eigenvalue weighted by Gasteiger charge is 2.30. The number of aliphatic carboxylic acids is 1. The Morgan fingerprint density at radius 3 is 3.00 bits per heavy atom. The molecule has 0 aliphatic carbocycles. The van der Waals surface area contributed by atoms with Crippen LogP contribution in [0.2, 0.25) is 0 Å². The maximum absolute atomic E-state index is 10.8. The Balaban J connectivity index is 1.85. The first-order valence-electron chi connectivity index (χ1n) is 7.64. The van der Waals surface area contributed by atoms with Gasteiger partial charge in [-0.3, -0.25) is 4.90 Å². The van der Waals surface area contributed by atoms with E-state index in [2.05, 4.69) is 28.0 Å². The first-order valence-corrected chi connectivity index (χ1v) is 7.64. The van der Waals surface area contributed by atoms with Crippen LogP contribution in [0.1, 0.15) is 24.0 Å². The Bertz CT molecular complexity index is 568. The van der Waals surface area contributed by atoms with Crippen LogP contribution in [0.5, 0.6) is 0 Å². The predicted molar refractivity (Wildman–Crippen MR) is 84.7 cm³/mol. The predicted octanol–water partition coefficient (Wildman–Crippen LogP) is 2.38. The molecule has 0 aromatic heterocycles. The van der Waals surface area contributed by atoms with E-state index in [0.29, 0.717) is 6.04 Å². The molecule has 0 bridgehead atoms. The lowest BCUT2D eigenvalue weighted by Crippen LogP contribution is -2.50. The largest absolute Gasteiger partial charge is 0.478 e. The second-order valence-corrected chi connectivity index (χ2v) is 6.01. The average molecular weight is 286 g/mol. The van der Waals surface area contributed by atoms with Crippen LogP contribution in [-0.2, 0) is 4.79 Å². The molecule has 21 heavy (non-hydrogen) atoms. The number of aryl methyl sites for hydroxylation is 1. The van der Waals surface area contributed by atoms with Crippen LogP contribution in [0, 0.1) is 6.92 Å². The standard InChI is InChI=1S/C17H22N2O2/c1-13-4-6-16(14(11-13)5-7-17(20)21)19-10-9-18-8-2-3-15(18)12-19/h4-7,11,15H,2-3,8-10,12H2,1H3,(H,20,21)/b7-5+. The van der Waals surface area contributed by atoms with Crippen LogP contribution in [0.4, 0.5) is 5.69 Å². The molecule has 4 nitrogen and oxygen atoms in total. The van der Waals surface area contributed by atoms with Gasteiger partial charge < -0.3 is 10.0 Å². The quantitative estimate of drug-likeness (QED) is 0.866. The Morgan fingerprint density at radius 2 is 2.19 bits per heavy atom. The van der Waals surface area contributed by atoms with Crippen molar-refractivity contribution in [3.8, 4) is 0 Å². The number of rotatable bonds is 3. The summed E-state index contributed by atoms with van der Waals surface area (Å²) in [6, 6.07) is 6.96. The van der Waals surface area contributed by atoms with Gasteiger partial charge >= 0.3 is 5.97 Å². The van der Waals surface area contributed by atoms with Crippen LogP contribution in [-0.4, -0.2) is 48.2 Å². The molecule has 0 amide bonds. The number of piperazine rings is 1. The normalized spacial score (nSPS) is 22.7. The van der Waals surface area contributed by atoms with Crippen LogP contribution >= 0.6 is 0 Å². The van der Waals surface area contributed by atoms with Gasteiger partial charge in [0.25, 0.3) is 0 Å². The van der Waals surface area contributed by atoms with Crippen molar-refractivity contribution >= 4 is 17.7 Å². The van der Waals surface area contributed by atoms with Gasteiger partial charge in [-0.2, -0.15) is 0 Å². The van der Waals surface area contributed by atoms with E-state index in [1.54, 1.807) is 6.08 Å². The Morgan fingerprint density at radius 1 is 1.33 bits per heavy atom. The first-order chi connectivity index (χ1) is 10.1. The highest BCUT2D eigenvalue weighted by molar-refractivity contribution is 5.87. The van der Waals surface area contributed by atoms with Crippen LogP contribution in [0.25, 0.3) is 6.08 Å². The van der Waals surface area contributed by atoms with Crippen molar-refractivity contribution in [1.29, 1.82) is 0 Å². The number of carboxylic acid groups (broad SMARTS) is 1. The lowest BCUT2D eigenvalue weighted by Gasteiger charge is -2.39. The van der Waals surface area contributed by atoms with Gasteiger partial charge in [-0.25, -0.2) is 4.79 Å². The summed E-state index contributed by atoms with van der Waals surface area (Å²) in [5.41, 5.74) is 3.32. The lowest BCUT2D eigenvalue weighted by atomic mass is 10.1. The van der Waals surface area contributed by atoms with Gasteiger partial charge in [-0.15, -0.1) is 0 Å². The molecule has 2 aliphatic rings. The first kappa shape index (κ1) is 14.1. The number of anilines is 1. The third kappa shape index (κ3) is 3.10. The highest BCUT2D eigenvalue weighted by Crippen LogP contribution is 2.29. The molecule has 1 aromatic carbocycles. The van der Waals surface area contributed by atoms with Crippen molar-refractivity contribution in [1.82, 2.24) is 4.90 Å². The minimum absolute atomic E-state index is 0.663. The number of carboxylic acids is 1. The molecule has 0 radical (unpaired) electrons. The van der Waals surface area contributed by atoms with Crippen LogP contribution in [0.15, 0.2) is 24.3 Å². The Kier molecular flexibility index (Phi) is 3.97. The summed E-state index contributed by atoms with van der Waals surface area (Å²) in [5, 5.41) is 8.86. The molecular formula is C17H22N2O2. The van der Waals surface area contributed by atoms with Gasteiger partial charge in [-0.1, -0.05) is 11.6 Å². The lowest BCUT2D eigenvalue weighted by molar-refractivity contribution is -0.131. The summed E-state index contributed by atoms with van der Waals surface area (Å²) in [6.07, 6.45) is 5.52. The third-order valence-electron chi connectivity index (χ3n) is 4.52. The van der Waals surface area contributed by atoms with Gasteiger partial charge in [0.1, 0.15) is 0 Å². The number of fused-ring (bicyclic) bond motifs is 1. The molecule has 3 rings (SSSR count). The Labute approximate surface area is 125 Å². The minimum atomic E-state index is -0.900. The minimum Gasteiger partial charge on any atom is -0.478 e. The monoisotopic (exact) mass is 286 g/mol. The van der Waals surface area contributed by atoms with E-state index in [1.165, 1.54) is 25.5 Å². The van der Waals surface area contributed by atoms with E-state index < -0.39 is 5.97 Å². The van der Waals surface area contributed by atoms with E-state index >= 15 is 0 Å². The smallest absolute Gasteiger partial charge is 0.328 e. The van der Waals surface area contributed by atoms with Gasteiger partial charge in [0.15, 0.2) is 0 Å². The maximum Gasteiger partial charge on any atom is 0.328 e. The van der Waals surface area contributed by atoms with Crippen LogP contribution < -0.4 is 4.90 Å². The van der Waals surface area contributed by atoms with E-state index in [4.69, 9.17) is 5.11 Å². The number of hydrogen-bond acceptors (Lipinski definition) is 3. The highest BCUT2D eigenvalue weighted by atomic mass is 16.4. The summed E-state index contributed by atoms with van der Waals surface area (Å²) < 4.78 is 0. The van der Waals surface area contributed by atoms with Crippen molar-refractivity contribution in [2.45, 2.75) is 25.8 Å². The van der Waals surface area contributed by atoms with Crippen LogP contribution in [0.3, 0.4) is 0 Å². The molecule has 2 aliphatic heterocycles. The topological polar surface area (TPSA) is 43.8 Å². The van der Waals surface area contributed by atoms with Gasteiger partial charge in [0.2, 0.25) is 0 Å². The average Bonchev–Trinajstić information content (AvgIpc) is 2.92. The maximum atomic E-state index is 10.8. The summed E-state index contributed by atoms with van der Waals surface area (Å²) in [5.74, 6) is -0.900. The fraction of sp³-hybridized carbons (Fsp3) is 0.471. The summed E-state index contributed by atoms with van der Waals surface area (Å²) in [6.45, 7) is 6.46. The van der Waals surface area contributed by atoms with E-state index in [0.717, 1.165) is 36.4 Å². The zero-order chi connectivity index (χ0) is 14.8. The van der Waals surface area contributed by atoms with Gasteiger partial charge in [-0.05, 0) is 50.1 Å². The summed E-state index contributed by atoms with van der Waals surface area (Å²) in [7, 11) is 0. The van der Waals surface area contributed by atoms with Crippen molar-refractivity contribution in [3.05, 3.63) is 35.4 Å². The second kappa shape index (κ2) is 5.90. The number of benzene rings is 1. The van der Waals surface area contributed by atoms with E-state index in [9.17, 15) is 4.79 Å². The molecule has 112 valence electrons. The molecule has 0 spiro atoms. The van der Waals surface area contributed by atoms with Crippen molar-refractivity contribution in [3.63, 3.8) is 0 Å². The molecule has 1 aromatic rings. The molecule has 4 heteroatoms. The fourth-order valence-corrected chi connectivity index (χ4v) is 3.47.